The van der Waals surface area contributed by atoms with Gasteiger partial charge in [-0.2, -0.15) is 0 Å². The topological polar surface area (TPSA) is 3.24 Å². The Bertz CT molecular complexity index is 3480. The van der Waals surface area contributed by atoms with Gasteiger partial charge in [0.05, 0.1) is 16.8 Å². The molecule has 1 unspecified atom stereocenters. The molecule has 0 saturated carbocycles. The molecule has 0 aliphatic heterocycles. The second kappa shape index (κ2) is 14.5. The van der Waals surface area contributed by atoms with Crippen LogP contribution in [0.25, 0.3) is 67.8 Å². The van der Waals surface area contributed by atoms with E-state index >= 15 is 0 Å². The van der Waals surface area contributed by atoms with Crippen molar-refractivity contribution in [1.29, 1.82) is 0 Å². The van der Waals surface area contributed by atoms with Crippen LogP contribution < -0.4 is 4.90 Å². The van der Waals surface area contributed by atoms with Crippen LogP contribution >= 0.6 is 0 Å². The van der Waals surface area contributed by atoms with Gasteiger partial charge in [0, 0.05) is 23.2 Å². The molecular formula is C64H45N. The number of rotatable bonds is 6. The lowest BCUT2D eigenvalue weighted by Gasteiger charge is -2.48. The fourth-order valence-electron chi connectivity index (χ4n) is 11.6. The van der Waals surface area contributed by atoms with Gasteiger partial charge in [-0.1, -0.05) is 200 Å². The third-order valence-corrected chi connectivity index (χ3v) is 14.7. The number of benzene rings is 8. The van der Waals surface area contributed by atoms with E-state index in [4.69, 9.17) is 0 Å². The second-order valence-corrected chi connectivity index (χ2v) is 18.0. The highest BCUT2D eigenvalue weighted by Gasteiger charge is 2.51. The molecule has 0 N–H and O–H groups in total. The largest absolute Gasteiger partial charge is 0.311 e. The number of allylic oxidation sites excluding steroid dienone is 7. The number of aryl methyl sites for hydroxylation is 1. The molecule has 1 heteroatoms. The Balaban J connectivity index is 1.23. The van der Waals surface area contributed by atoms with Gasteiger partial charge in [0.15, 0.2) is 0 Å². The Morgan fingerprint density at radius 1 is 0.446 bits per heavy atom. The van der Waals surface area contributed by atoms with Gasteiger partial charge < -0.3 is 4.90 Å². The average Bonchev–Trinajstić information content (AvgIpc) is 4.07. The van der Waals surface area contributed by atoms with Gasteiger partial charge in [-0.15, -0.1) is 0 Å². The Kier molecular flexibility index (Phi) is 8.39. The molecule has 0 aromatic heterocycles. The predicted molar refractivity (Wildman–Crippen MR) is 273 cm³/mol. The van der Waals surface area contributed by atoms with Crippen LogP contribution in [0.2, 0.25) is 0 Å². The first-order valence-electron chi connectivity index (χ1n) is 22.9. The van der Waals surface area contributed by atoms with Crippen LogP contribution in [-0.2, 0) is 6.42 Å². The van der Waals surface area contributed by atoms with E-state index in [0.717, 1.165) is 6.42 Å². The van der Waals surface area contributed by atoms with Crippen LogP contribution in [0, 0.1) is 19.3 Å². The Hall–Kier alpha value is -8.00. The van der Waals surface area contributed by atoms with Crippen LogP contribution in [0.15, 0.2) is 229 Å². The smallest absolute Gasteiger partial charge is 0.0803 e. The van der Waals surface area contributed by atoms with E-state index in [1.807, 2.05) is 0 Å². The minimum Gasteiger partial charge on any atom is -0.311 e. The lowest BCUT2D eigenvalue weighted by Crippen LogP contribution is -2.38. The molecule has 0 bridgehead atoms. The molecule has 1 spiro atoms. The third kappa shape index (κ3) is 5.52. The third-order valence-electron chi connectivity index (χ3n) is 14.7. The molecule has 5 aliphatic carbocycles. The van der Waals surface area contributed by atoms with E-state index in [1.54, 1.807) is 0 Å². The summed E-state index contributed by atoms with van der Waals surface area (Å²) in [5, 5.41) is 0. The molecular weight excluding hydrogens is 783 g/mol. The van der Waals surface area contributed by atoms with Gasteiger partial charge in [-0.25, -0.2) is 0 Å². The van der Waals surface area contributed by atoms with Crippen LogP contribution in [0.1, 0.15) is 44.5 Å². The zero-order chi connectivity index (χ0) is 43.2. The summed E-state index contributed by atoms with van der Waals surface area (Å²) >= 11 is 0. The second-order valence-electron chi connectivity index (χ2n) is 18.0. The van der Waals surface area contributed by atoms with Gasteiger partial charge >= 0.3 is 0 Å². The molecule has 1 nitrogen and oxygen atoms in total. The normalized spacial score (nSPS) is 16.9. The van der Waals surface area contributed by atoms with Crippen molar-refractivity contribution in [3.8, 4) is 44.5 Å². The minimum absolute atomic E-state index is 0.675. The van der Waals surface area contributed by atoms with Gasteiger partial charge in [-0.05, 0) is 138 Å². The maximum absolute atomic E-state index is 2.76. The molecule has 0 saturated heterocycles. The molecule has 0 heterocycles. The lowest BCUT2D eigenvalue weighted by atomic mass is 9.62. The van der Waals surface area contributed by atoms with Crippen molar-refractivity contribution in [2.24, 2.45) is 5.41 Å². The standard InChI is InChI=1S/C64H45N/c1-41-32-33-52(43-19-6-3-7-20-43)62(42(41)2)65(63-57-37-46-25-12-17-30-51(46)56(57)40-55(44-21-8-4-9-22-44)61(63)45-23-10-5-11-24-45)60-35-34-54-50-29-16-14-27-48(50)39-59(54)64(60)36-18-31-53-49-28-15-13-26-47(49)38-58(53)64/h3-36,38-40H,37H2,1-2H3. The van der Waals surface area contributed by atoms with E-state index in [0.29, 0.717) is 0 Å². The molecule has 1 atom stereocenters. The lowest BCUT2D eigenvalue weighted by molar-refractivity contribution is 0.676. The predicted octanol–water partition coefficient (Wildman–Crippen LogP) is 16.4. The zero-order valence-electron chi connectivity index (χ0n) is 36.5. The number of nitrogens with zero attached hydrogens (tertiary/aromatic N) is 1. The number of anilines is 2. The number of hydrogen-bond donors (Lipinski definition) is 0. The highest BCUT2D eigenvalue weighted by Crippen LogP contribution is 2.65. The van der Waals surface area contributed by atoms with E-state index in [1.165, 1.54) is 128 Å². The Morgan fingerprint density at radius 3 is 1.66 bits per heavy atom. The Morgan fingerprint density at radius 2 is 1.00 bits per heavy atom. The van der Waals surface area contributed by atoms with Crippen LogP contribution in [0.5, 0.6) is 0 Å². The maximum Gasteiger partial charge on any atom is 0.0803 e. The van der Waals surface area contributed by atoms with Crippen molar-refractivity contribution in [2.75, 3.05) is 4.90 Å². The van der Waals surface area contributed by atoms with Crippen molar-refractivity contribution in [3.05, 3.63) is 274 Å². The minimum atomic E-state index is -0.675. The molecule has 0 amide bonds. The van der Waals surface area contributed by atoms with Crippen LogP contribution in [0.4, 0.5) is 11.4 Å². The first-order chi connectivity index (χ1) is 32.1. The molecule has 8 aromatic carbocycles. The molecule has 8 aromatic rings. The summed E-state index contributed by atoms with van der Waals surface area (Å²) < 4.78 is 0. The highest BCUT2D eigenvalue weighted by atomic mass is 15.2. The van der Waals surface area contributed by atoms with Crippen molar-refractivity contribution in [2.45, 2.75) is 20.3 Å². The van der Waals surface area contributed by atoms with Crippen molar-refractivity contribution < 1.29 is 0 Å². The number of fused-ring (bicyclic) bond motifs is 11. The molecule has 5 aliphatic rings. The highest BCUT2D eigenvalue weighted by molar-refractivity contribution is 6.09. The van der Waals surface area contributed by atoms with Gasteiger partial charge in [0.2, 0.25) is 0 Å². The fraction of sp³-hybridized carbons (Fsp3) is 0.0625. The van der Waals surface area contributed by atoms with Crippen molar-refractivity contribution in [1.82, 2.24) is 0 Å². The SMILES string of the molecule is Cc1ccc(-c2ccccc2)c(N(C2=CC=C3C(=Cc4ccccc43)C23C=CC=C2C3=Cc3ccccc32)c2c3c(cc(-c4ccccc4)c2-c2ccccc2)-c2ccccc2C3)c1C. The van der Waals surface area contributed by atoms with Gasteiger partial charge in [0.25, 0.3) is 0 Å². The van der Waals surface area contributed by atoms with E-state index in [2.05, 4.69) is 243 Å². The summed E-state index contributed by atoms with van der Waals surface area (Å²) in [6.45, 7) is 4.62. The van der Waals surface area contributed by atoms with Crippen molar-refractivity contribution in [3.63, 3.8) is 0 Å². The molecule has 0 radical (unpaired) electrons. The Labute approximate surface area is 381 Å². The number of hydrogen-bond acceptors (Lipinski definition) is 1. The molecule has 13 rings (SSSR count). The summed E-state index contributed by atoms with van der Waals surface area (Å²) in [4.78, 5) is 2.76. The molecule has 0 fully saturated rings. The van der Waals surface area contributed by atoms with E-state index in [-0.39, 0.29) is 0 Å². The van der Waals surface area contributed by atoms with Crippen LogP contribution in [-0.4, -0.2) is 0 Å². The zero-order valence-corrected chi connectivity index (χ0v) is 36.5. The first kappa shape index (κ1) is 37.5. The van der Waals surface area contributed by atoms with Crippen molar-refractivity contribution >= 4 is 34.7 Å². The molecule has 65 heavy (non-hydrogen) atoms. The summed E-state index contributed by atoms with van der Waals surface area (Å²) in [7, 11) is 0. The van der Waals surface area contributed by atoms with E-state index < -0.39 is 5.41 Å². The van der Waals surface area contributed by atoms with Gasteiger partial charge in [0.1, 0.15) is 0 Å². The monoisotopic (exact) mass is 827 g/mol. The summed E-state index contributed by atoms with van der Waals surface area (Å²) in [5.41, 5.74) is 28.3. The fourth-order valence-corrected chi connectivity index (χ4v) is 11.6. The van der Waals surface area contributed by atoms with Crippen LogP contribution in [0.3, 0.4) is 0 Å². The van der Waals surface area contributed by atoms with E-state index in [9.17, 15) is 0 Å². The summed E-state index contributed by atoms with van der Waals surface area (Å²) in [6, 6.07) is 67.4. The average molecular weight is 828 g/mol. The maximum atomic E-state index is 2.76. The quantitative estimate of drug-likeness (QED) is 0.161. The molecule has 306 valence electrons. The summed E-state index contributed by atoms with van der Waals surface area (Å²) in [5.74, 6) is 0. The summed E-state index contributed by atoms with van der Waals surface area (Å²) in [6.07, 6.45) is 17.9. The van der Waals surface area contributed by atoms with Gasteiger partial charge in [-0.3, -0.25) is 0 Å². The first-order valence-corrected chi connectivity index (χ1v) is 22.9.